The van der Waals surface area contributed by atoms with Crippen LogP contribution in [0.15, 0.2) is 57.9 Å². The molecule has 8 heteroatoms. The van der Waals surface area contributed by atoms with Gasteiger partial charge in [-0.2, -0.15) is 0 Å². The first-order valence-electron chi connectivity index (χ1n) is 10.4. The van der Waals surface area contributed by atoms with Crippen molar-refractivity contribution in [1.29, 1.82) is 0 Å². The van der Waals surface area contributed by atoms with E-state index in [-0.39, 0.29) is 17.5 Å². The van der Waals surface area contributed by atoms with Crippen LogP contribution in [0.1, 0.15) is 38.2 Å². The second-order valence-corrected chi connectivity index (χ2v) is 10.6. The summed E-state index contributed by atoms with van der Waals surface area (Å²) in [6, 6.07) is 13.6. The first-order chi connectivity index (χ1) is 14.9. The van der Waals surface area contributed by atoms with Gasteiger partial charge in [0.15, 0.2) is 9.84 Å². The van der Waals surface area contributed by atoms with Crippen LogP contribution in [-0.2, 0) is 21.0 Å². The highest BCUT2D eigenvalue weighted by Gasteiger charge is 2.44. The van der Waals surface area contributed by atoms with Crippen molar-refractivity contribution in [2.45, 2.75) is 55.3 Å². The molecule has 31 heavy (non-hydrogen) atoms. The van der Waals surface area contributed by atoms with Crippen molar-refractivity contribution in [3.05, 3.63) is 58.6 Å². The van der Waals surface area contributed by atoms with Gasteiger partial charge in [-0.15, -0.1) is 0 Å². The summed E-state index contributed by atoms with van der Waals surface area (Å²) in [5.74, 6) is 0.700. The zero-order chi connectivity index (χ0) is 22.4. The number of carbonyl (C=O) groups is 1. The molecule has 0 bridgehead atoms. The normalized spacial score (nSPS) is 17.5. The molecule has 168 valence electrons. The number of benzene rings is 2. The Balaban J connectivity index is 1.95. The van der Waals surface area contributed by atoms with Crippen molar-refractivity contribution < 1.29 is 22.7 Å². The Labute approximate surface area is 192 Å². The lowest BCUT2D eigenvalue weighted by molar-refractivity contribution is 0.152. The molecule has 1 saturated heterocycles. The van der Waals surface area contributed by atoms with E-state index in [1.807, 2.05) is 18.2 Å². The van der Waals surface area contributed by atoms with Crippen LogP contribution >= 0.6 is 15.9 Å². The lowest BCUT2D eigenvalue weighted by Gasteiger charge is -2.31. The van der Waals surface area contributed by atoms with Gasteiger partial charge < -0.3 is 9.47 Å². The monoisotopic (exact) mass is 509 g/mol. The summed E-state index contributed by atoms with van der Waals surface area (Å²) in [6.07, 6.45) is 2.82. The number of rotatable bonds is 10. The first-order valence-corrected chi connectivity index (χ1v) is 12.8. The largest absolute Gasteiger partial charge is 0.497 e. The van der Waals surface area contributed by atoms with Crippen LogP contribution in [0.2, 0.25) is 0 Å². The fourth-order valence-electron chi connectivity index (χ4n) is 3.85. The topological polar surface area (TPSA) is 72.9 Å². The van der Waals surface area contributed by atoms with Crippen LogP contribution in [-0.4, -0.2) is 44.5 Å². The first kappa shape index (κ1) is 23.6. The maximum atomic E-state index is 13.5. The fraction of sp³-hybridized carbons (Fsp3) is 0.435. The summed E-state index contributed by atoms with van der Waals surface area (Å²) in [6.45, 7) is 2.21. The van der Waals surface area contributed by atoms with E-state index in [1.54, 1.807) is 37.4 Å². The number of unbranched alkanes of at least 4 members (excludes halogenated alkanes) is 2. The number of cyclic esters (lactones) is 1. The van der Waals surface area contributed by atoms with Crippen molar-refractivity contribution in [1.82, 2.24) is 4.90 Å². The molecule has 0 saturated carbocycles. The van der Waals surface area contributed by atoms with E-state index in [2.05, 4.69) is 22.9 Å². The molecule has 1 aliphatic rings. The molecule has 0 spiro atoms. The minimum absolute atomic E-state index is 0.150. The smallest absolute Gasteiger partial charge is 0.411 e. The van der Waals surface area contributed by atoms with Crippen molar-refractivity contribution in [2.75, 3.05) is 13.7 Å². The molecular weight excluding hydrogens is 482 g/mol. The molecule has 0 aromatic heterocycles. The number of halogens is 1. The van der Waals surface area contributed by atoms with Gasteiger partial charge in [-0.1, -0.05) is 60.3 Å². The predicted octanol–water partition coefficient (Wildman–Crippen LogP) is 5.20. The van der Waals surface area contributed by atoms with E-state index in [9.17, 15) is 13.2 Å². The van der Waals surface area contributed by atoms with Crippen LogP contribution in [0.4, 0.5) is 4.79 Å². The Morgan fingerprint density at radius 2 is 1.94 bits per heavy atom. The Kier molecular flexibility index (Phi) is 8.00. The van der Waals surface area contributed by atoms with Gasteiger partial charge in [0.05, 0.1) is 18.0 Å². The van der Waals surface area contributed by atoms with Gasteiger partial charge in [-0.25, -0.2) is 13.2 Å². The maximum absolute atomic E-state index is 13.5. The highest BCUT2D eigenvalue weighted by molar-refractivity contribution is 9.10. The Hall–Kier alpha value is -2.06. The van der Waals surface area contributed by atoms with Crippen molar-refractivity contribution >= 4 is 31.9 Å². The summed E-state index contributed by atoms with van der Waals surface area (Å²) < 4.78 is 38.6. The highest BCUT2D eigenvalue weighted by atomic mass is 79.9. The van der Waals surface area contributed by atoms with Gasteiger partial charge in [0, 0.05) is 4.47 Å². The quantitative estimate of drug-likeness (QED) is 0.411. The summed E-state index contributed by atoms with van der Waals surface area (Å²) in [4.78, 5) is 14.4. The van der Waals surface area contributed by atoms with E-state index in [0.717, 1.165) is 22.9 Å². The van der Waals surface area contributed by atoms with Gasteiger partial charge in [0.25, 0.3) is 0 Å². The van der Waals surface area contributed by atoms with Crippen LogP contribution in [0, 0.1) is 0 Å². The van der Waals surface area contributed by atoms with Crippen molar-refractivity contribution in [3.63, 3.8) is 0 Å². The molecule has 0 N–H and O–H groups in total. The van der Waals surface area contributed by atoms with E-state index in [4.69, 9.17) is 9.47 Å². The van der Waals surface area contributed by atoms with Gasteiger partial charge >= 0.3 is 6.09 Å². The second kappa shape index (κ2) is 10.5. The summed E-state index contributed by atoms with van der Waals surface area (Å²) >= 11 is 3.55. The van der Waals surface area contributed by atoms with Crippen LogP contribution in [0.3, 0.4) is 0 Å². The highest BCUT2D eigenvalue weighted by Crippen LogP contribution is 2.32. The van der Waals surface area contributed by atoms with Gasteiger partial charge in [-0.05, 0) is 48.7 Å². The fourth-order valence-corrected chi connectivity index (χ4v) is 6.14. The molecule has 3 rings (SSSR count). The van der Waals surface area contributed by atoms with Gasteiger partial charge in [0.1, 0.15) is 17.7 Å². The lowest BCUT2D eigenvalue weighted by atomic mass is 10.0. The average Bonchev–Trinajstić information content (AvgIpc) is 3.13. The maximum Gasteiger partial charge on any atom is 0.411 e. The molecule has 2 aromatic rings. The third-order valence-electron chi connectivity index (χ3n) is 5.51. The number of carbonyl (C=O) groups excluding carboxylic acids is 1. The molecule has 6 nitrogen and oxygen atoms in total. The van der Waals surface area contributed by atoms with E-state index >= 15 is 0 Å². The van der Waals surface area contributed by atoms with E-state index < -0.39 is 21.3 Å². The standard InChI is InChI=1S/C23H28BrNO5S/c1-3-4-6-11-22(31(27,28)20-9-7-5-8-10-20)25-18(16-30-23(25)26)14-17-15-19(29-2)12-13-21(17)24/h5,7-10,12-13,15,18,22H,3-4,6,11,14,16H2,1-2H3. The third-order valence-corrected chi connectivity index (χ3v) is 8.39. The lowest BCUT2D eigenvalue weighted by Crippen LogP contribution is -2.47. The van der Waals surface area contributed by atoms with Crippen LogP contribution in [0.5, 0.6) is 5.75 Å². The molecule has 0 aliphatic carbocycles. The molecule has 1 aliphatic heterocycles. The van der Waals surface area contributed by atoms with Gasteiger partial charge in [0.2, 0.25) is 0 Å². The zero-order valence-electron chi connectivity index (χ0n) is 17.8. The molecule has 1 amide bonds. The SMILES string of the molecule is CCCCCC(N1C(=O)OCC1Cc1cc(OC)ccc1Br)S(=O)(=O)c1ccccc1. The number of amides is 1. The Bertz CT molecular complexity index is 996. The zero-order valence-corrected chi connectivity index (χ0v) is 20.2. The second-order valence-electron chi connectivity index (χ2n) is 7.61. The summed E-state index contributed by atoms with van der Waals surface area (Å²) in [5, 5.41) is -0.967. The molecule has 2 aromatic carbocycles. The summed E-state index contributed by atoms with van der Waals surface area (Å²) in [7, 11) is -2.16. The average molecular weight is 510 g/mol. The van der Waals surface area contributed by atoms with Crippen molar-refractivity contribution in [2.24, 2.45) is 0 Å². The number of ether oxygens (including phenoxy) is 2. The minimum Gasteiger partial charge on any atom is -0.497 e. The predicted molar refractivity (Wildman–Crippen MR) is 123 cm³/mol. The molecule has 1 heterocycles. The summed E-state index contributed by atoms with van der Waals surface area (Å²) in [5.41, 5.74) is 0.928. The number of hydrogen-bond acceptors (Lipinski definition) is 5. The van der Waals surface area contributed by atoms with Crippen LogP contribution in [0.25, 0.3) is 0 Å². The Morgan fingerprint density at radius 1 is 1.19 bits per heavy atom. The molecule has 0 radical (unpaired) electrons. The number of methoxy groups -OCH3 is 1. The molecule has 1 fully saturated rings. The number of hydrogen-bond donors (Lipinski definition) is 0. The number of sulfone groups is 1. The van der Waals surface area contributed by atoms with E-state index in [0.29, 0.717) is 25.0 Å². The van der Waals surface area contributed by atoms with Crippen molar-refractivity contribution in [3.8, 4) is 5.75 Å². The Morgan fingerprint density at radius 3 is 2.61 bits per heavy atom. The number of nitrogens with zero attached hydrogens (tertiary/aromatic N) is 1. The van der Waals surface area contributed by atoms with E-state index in [1.165, 1.54) is 4.90 Å². The minimum atomic E-state index is -3.76. The molecule has 2 unspecified atom stereocenters. The third kappa shape index (κ3) is 5.41. The molecular formula is C23H28BrNO5S. The van der Waals surface area contributed by atoms with Gasteiger partial charge in [-0.3, -0.25) is 4.90 Å². The van der Waals surface area contributed by atoms with Crippen LogP contribution < -0.4 is 4.74 Å². The molecule has 2 atom stereocenters.